The van der Waals surface area contributed by atoms with Gasteiger partial charge in [-0.2, -0.15) is 13.2 Å². The van der Waals surface area contributed by atoms with E-state index in [0.29, 0.717) is 12.0 Å². The molecule has 1 amide bonds. The molecular weight excluding hydrogens is 484 g/mol. The number of anilines is 1. The third-order valence-corrected chi connectivity index (χ3v) is 5.29. The molecule has 1 heterocycles. The number of hydrogen-bond acceptors (Lipinski definition) is 6. The van der Waals surface area contributed by atoms with Crippen LogP contribution in [-0.4, -0.2) is 41.8 Å². The van der Waals surface area contributed by atoms with E-state index in [1.807, 2.05) is 13.8 Å². The van der Waals surface area contributed by atoms with Crippen molar-refractivity contribution in [1.29, 1.82) is 0 Å². The quantitative estimate of drug-likeness (QED) is 0.300. The van der Waals surface area contributed by atoms with Crippen LogP contribution in [0.2, 0.25) is 5.02 Å². The Labute approximate surface area is 197 Å². The zero-order valence-corrected chi connectivity index (χ0v) is 18.8. The summed E-state index contributed by atoms with van der Waals surface area (Å²) >= 11 is 6.09. The van der Waals surface area contributed by atoms with E-state index in [9.17, 15) is 32.3 Å². The van der Waals surface area contributed by atoms with Gasteiger partial charge in [0.25, 0.3) is 5.91 Å². The molecule has 0 aromatic heterocycles. The first-order valence-electron chi connectivity index (χ1n) is 10.0. The number of carbonyl (C=O) groups is 2. The fraction of sp³-hybridized carbons (Fsp3) is 0.364. The second-order valence-electron chi connectivity index (χ2n) is 8.31. The maximum Gasteiger partial charge on any atom is 0.491 e. The van der Waals surface area contributed by atoms with E-state index < -0.39 is 41.3 Å². The highest BCUT2D eigenvalue weighted by Crippen LogP contribution is 2.39. The summed E-state index contributed by atoms with van der Waals surface area (Å²) in [5.41, 5.74) is -0.0157. The summed E-state index contributed by atoms with van der Waals surface area (Å²) in [6.45, 7) is 3.17. The fourth-order valence-electron chi connectivity index (χ4n) is 3.36. The van der Waals surface area contributed by atoms with Gasteiger partial charge >= 0.3 is 12.1 Å². The number of aliphatic hydroxyl groups excluding tert-OH is 1. The van der Waals surface area contributed by atoms with Crippen molar-refractivity contribution in [3.63, 3.8) is 0 Å². The molecule has 0 radical (unpaired) electrons. The number of ether oxygens (including phenoxy) is 2. The van der Waals surface area contributed by atoms with Crippen LogP contribution >= 0.6 is 11.6 Å². The molecule has 1 aliphatic heterocycles. The number of halogens is 5. The second kappa shape index (κ2) is 9.77. The number of benzene rings is 2. The molecule has 1 unspecified atom stereocenters. The van der Waals surface area contributed by atoms with Gasteiger partial charge in [0, 0.05) is 28.7 Å². The summed E-state index contributed by atoms with van der Waals surface area (Å²) in [7, 11) is 0. The molecule has 12 heteroatoms. The van der Waals surface area contributed by atoms with Crippen LogP contribution in [0.1, 0.15) is 31.1 Å². The molecule has 0 aliphatic carbocycles. The number of esters is 1. The van der Waals surface area contributed by atoms with Gasteiger partial charge in [0.15, 0.2) is 6.61 Å². The van der Waals surface area contributed by atoms with Crippen LogP contribution in [0, 0.1) is 5.82 Å². The Morgan fingerprint density at radius 1 is 1.29 bits per heavy atom. The highest BCUT2D eigenvalue weighted by Gasteiger charge is 2.41. The molecule has 1 atom stereocenters. The number of fused-ring (bicyclic) bond motifs is 1. The van der Waals surface area contributed by atoms with E-state index in [1.165, 1.54) is 12.1 Å². The van der Waals surface area contributed by atoms with Crippen molar-refractivity contribution in [2.75, 3.05) is 18.5 Å². The van der Waals surface area contributed by atoms with Crippen LogP contribution in [0.25, 0.3) is 0 Å². The lowest BCUT2D eigenvalue weighted by molar-refractivity contribution is -0.189. The average molecular weight is 505 g/mol. The molecule has 2 aromatic rings. The van der Waals surface area contributed by atoms with Crippen LogP contribution in [0.5, 0.6) is 11.5 Å². The molecule has 3 rings (SSSR count). The summed E-state index contributed by atoms with van der Waals surface area (Å²) < 4.78 is 60.9. The standard InChI is InChI=1S/C22H21ClF4N2O5/c1-21(2,8-11-3-4-12(24)5-15(11)23)28-9-17(30)14-6-13(34-20(32)22(25,26)27)7-16-19(14)33-10-18(31)29-16/h3-7,17,28,30H,8-10H2,1-2H3,(H,29,31). The maximum atomic E-state index is 13.3. The molecule has 0 saturated carbocycles. The van der Waals surface area contributed by atoms with Gasteiger partial charge in [-0.15, -0.1) is 0 Å². The molecule has 0 fully saturated rings. The maximum absolute atomic E-state index is 13.3. The predicted molar refractivity (Wildman–Crippen MR) is 114 cm³/mol. The van der Waals surface area contributed by atoms with Gasteiger partial charge in [0.2, 0.25) is 0 Å². The van der Waals surface area contributed by atoms with Crippen molar-refractivity contribution >= 4 is 29.2 Å². The van der Waals surface area contributed by atoms with Crippen molar-refractivity contribution in [3.8, 4) is 11.5 Å². The summed E-state index contributed by atoms with van der Waals surface area (Å²) in [5.74, 6) is -3.98. The van der Waals surface area contributed by atoms with Gasteiger partial charge in [-0.25, -0.2) is 9.18 Å². The first-order valence-corrected chi connectivity index (χ1v) is 10.4. The van der Waals surface area contributed by atoms with Crippen molar-refractivity contribution in [2.45, 2.75) is 38.1 Å². The van der Waals surface area contributed by atoms with Gasteiger partial charge in [-0.05, 0) is 44.0 Å². The largest absolute Gasteiger partial charge is 0.491 e. The Kier molecular flexibility index (Phi) is 7.39. The number of carbonyl (C=O) groups excluding carboxylic acids is 2. The van der Waals surface area contributed by atoms with Crippen LogP contribution in [0.3, 0.4) is 0 Å². The van der Waals surface area contributed by atoms with Crippen molar-refractivity contribution < 1.29 is 41.7 Å². The normalized spacial score (nSPS) is 14.6. The number of β-amino-alcohol motifs (C(OH)–C–C–N with tert-alkyl or cyclic N) is 1. The van der Waals surface area contributed by atoms with Crippen molar-refractivity contribution in [1.82, 2.24) is 5.32 Å². The summed E-state index contributed by atoms with van der Waals surface area (Å²) in [6.07, 6.45) is -6.19. The zero-order valence-electron chi connectivity index (χ0n) is 18.1. The Morgan fingerprint density at radius 3 is 2.65 bits per heavy atom. The second-order valence-corrected chi connectivity index (χ2v) is 8.71. The number of rotatable bonds is 7. The fourth-order valence-corrected chi connectivity index (χ4v) is 3.59. The molecule has 2 aromatic carbocycles. The van der Waals surface area contributed by atoms with Crippen molar-refractivity contribution in [3.05, 3.63) is 52.3 Å². The molecule has 3 N–H and O–H groups in total. The van der Waals surface area contributed by atoms with Crippen LogP contribution in [0.15, 0.2) is 30.3 Å². The average Bonchev–Trinajstić information content (AvgIpc) is 2.72. The monoisotopic (exact) mass is 504 g/mol. The highest BCUT2D eigenvalue weighted by atomic mass is 35.5. The van der Waals surface area contributed by atoms with E-state index in [1.54, 1.807) is 6.07 Å². The van der Waals surface area contributed by atoms with Gasteiger partial charge in [-0.1, -0.05) is 17.7 Å². The third kappa shape index (κ3) is 6.37. The number of nitrogens with one attached hydrogen (secondary N) is 2. The van der Waals surface area contributed by atoms with Crippen LogP contribution in [-0.2, 0) is 16.0 Å². The van der Waals surface area contributed by atoms with Crippen LogP contribution in [0.4, 0.5) is 23.2 Å². The van der Waals surface area contributed by atoms with Crippen LogP contribution < -0.4 is 20.1 Å². The van der Waals surface area contributed by atoms with Gasteiger partial charge in [0.05, 0.1) is 11.8 Å². The minimum atomic E-state index is -5.23. The molecule has 34 heavy (non-hydrogen) atoms. The predicted octanol–water partition coefficient (Wildman–Crippen LogP) is 3.92. The zero-order chi connectivity index (χ0) is 25.3. The molecule has 0 saturated heterocycles. The first kappa shape index (κ1) is 25.7. The SMILES string of the molecule is CC(C)(Cc1ccc(F)cc1Cl)NCC(O)c1cc(OC(=O)C(F)(F)F)cc2c1OCC(=O)N2. The number of hydrogen-bond donors (Lipinski definition) is 3. The Morgan fingerprint density at radius 2 is 2.00 bits per heavy atom. The Hall–Kier alpha value is -2.89. The Bertz CT molecular complexity index is 1110. The lowest BCUT2D eigenvalue weighted by atomic mass is 9.94. The number of alkyl halides is 3. The third-order valence-electron chi connectivity index (χ3n) is 4.94. The van der Waals surface area contributed by atoms with E-state index in [-0.39, 0.29) is 35.2 Å². The first-order chi connectivity index (χ1) is 15.7. The van der Waals surface area contributed by atoms with Gasteiger partial charge < -0.3 is 25.2 Å². The Balaban J connectivity index is 1.80. The lowest BCUT2D eigenvalue weighted by Gasteiger charge is -2.30. The summed E-state index contributed by atoms with van der Waals surface area (Å²) in [6, 6.07) is 6.05. The molecule has 184 valence electrons. The van der Waals surface area contributed by atoms with Gasteiger partial charge in [-0.3, -0.25) is 4.79 Å². The van der Waals surface area contributed by atoms with E-state index in [0.717, 1.165) is 12.1 Å². The highest BCUT2D eigenvalue weighted by molar-refractivity contribution is 6.31. The van der Waals surface area contributed by atoms with E-state index in [2.05, 4.69) is 15.4 Å². The number of amides is 1. The molecule has 0 bridgehead atoms. The topological polar surface area (TPSA) is 96.9 Å². The summed E-state index contributed by atoms with van der Waals surface area (Å²) in [4.78, 5) is 22.9. The molecule has 1 aliphatic rings. The molecule has 7 nitrogen and oxygen atoms in total. The molecule has 0 spiro atoms. The van der Waals surface area contributed by atoms with Crippen molar-refractivity contribution in [2.24, 2.45) is 0 Å². The van der Waals surface area contributed by atoms with E-state index in [4.69, 9.17) is 16.3 Å². The smallest absolute Gasteiger partial charge is 0.481 e. The minimum absolute atomic E-state index is 0.00518. The number of aliphatic hydroxyl groups is 1. The lowest BCUT2D eigenvalue weighted by Crippen LogP contribution is -2.43. The van der Waals surface area contributed by atoms with E-state index >= 15 is 0 Å². The van der Waals surface area contributed by atoms with Gasteiger partial charge in [0.1, 0.15) is 17.3 Å². The minimum Gasteiger partial charge on any atom is -0.481 e. The molecular formula is C22H21ClF4N2O5. The summed E-state index contributed by atoms with van der Waals surface area (Å²) in [5, 5.41) is 16.6.